The Morgan fingerprint density at radius 2 is 1.75 bits per heavy atom. The summed E-state index contributed by atoms with van der Waals surface area (Å²) in [6, 6.07) is 14.2. The second kappa shape index (κ2) is 9.09. The molecule has 164 valence electrons. The maximum absolute atomic E-state index is 13.2. The molecule has 4 aromatic rings. The molecule has 10 heteroatoms. The van der Waals surface area contributed by atoms with Gasteiger partial charge >= 0.3 is 0 Å². The fraction of sp³-hybridized carbons (Fsp3) is 0.273. The SMILES string of the molecule is Cc1ccc(-n2c(SCc3noc(-c4ccc(F)cc4)n3)nnc2N2CCOCC2)cc1. The lowest BCUT2D eigenvalue weighted by atomic mass is 10.2. The second-order valence-corrected chi connectivity index (χ2v) is 8.31. The number of hydrogen-bond donors (Lipinski definition) is 0. The number of nitrogens with zero attached hydrogens (tertiary/aromatic N) is 6. The molecule has 0 spiro atoms. The molecule has 1 aliphatic heterocycles. The van der Waals surface area contributed by atoms with Crippen molar-refractivity contribution in [2.24, 2.45) is 0 Å². The van der Waals surface area contributed by atoms with E-state index in [0.29, 0.717) is 36.2 Å². The van der Waals surface area contributed by atoms with E-state index in [1.807, 2.05) is 0 Å². The number of halogens is 1. The zero-order chi connectivity index (χ0) is 21.9. The zero-order valence-electron chi connectivity index (χ0n) is 17.4. The minimum Gasteiger partial charge on any atom is -0.378 e. The Labute approximate surface area is 188 Å². The van der Waals surface area contributed by atoms with E-state index < -0.39 is 0 Å². The first-order valence-electron chi connectivity index (χ1n) is 10.2. The van der Waals surface area contributed by atoms with E-state index in [9.17, 15) is 4.39 Å². The second-order valence-electron chi connectivity index (χ2n) is 7.36. The molecule has 0 amide bonds. The van der Waals surface area contributed by atoms with E-state index >= 15 is 0 Å². The topological polar surface area (TPSA) is 82.1 Å². The molecular weight excluding hydrogens is 431 g/mol. The number of thioether (sulfide) groups is 1. The van der Waals surface area contributed by atoms with Gasteiger partial charge in [0, 0.05) is 18.7 Å². The lowest BCUT2D eigenvalue weighted by Crippen LogP contribution is -2.37. The van der Waals surface area contributed by atoms with Gasteiger partial charge in [-0.1, -0.05) is 34.6 Å². The van der Waals surface area contributed by atoms with Gasteiger partial charge in [-0.25, -0.2) is 4.39 Å². The number of aryl methyl sites for hydroxylation is 1. The predicted octanol–water partition coefficient (Wildman–Crippen LogP) is 3.89. The smallest absolute Gasteiger partial charge is 0.257 e. The summed E-state index contributed by atoms with van der Waals surface area (Å²) in [5.41, 5.74) is 2.85. The van der Waals surface area contributed by atoms with Gasteiger partial charge in [-0.15, -0.1) is 10.2 Å². The highest BCUT2D eigenvalue weighted by atomic mass is 32.2. The Bertz CT molecular complexity index is 1190. The highest BCUT2D eigenvalue weighted by molar-refractivity contribution is 7.98. The van der Waals surface area contributed by atoms with Crippen LogP contribution in [0.3, 0.4) is 0 Å². The minimum absolute atomic E-state index is 0.310. The summed E-state index contributed by atoms with van der Waals surface area (Å²) in [5, 5.41) is 13.7. The van der Waals surface area contributed by atoms with Gasteiger partial charge in [-0.3, -0.25) is 4.57 Å². The third-order valence-electron chi connectivity index (χ3n) is 5.09. The molecule has 3 heterocycles. The van der Waals surface area contributed by atoms with Crippen molar-refractivity contribution < 1.29 is 13.7 Å². The van der Waals surface area contributed by atoms with Gasteiger partial charge < -0.3 is 14.2 Å². The van der Waals surface area contributed by atoms with Crippen LogP contribution in [0, 0.1) is 12.7 Å². The van der Waals surface area contributed by atoms with Crippen molar-refractivity contribution >= 4 is 17.7 Å². The van der Waals surface area contributed by atoms with E-state index in [4.69, 9.17) is 9.26 Å². The monoisotopic (exact) mass is 452 g/mol. The Kier molecular flexibility index (Phi) is 5.87. The molecule has 1 saturated heterocycles. The Morgan fingerprint density at radius 1 is 1.00 bits per heavy atom. The van der Waals surface area contributed by atoms with Crippen LogP contribution in [0.15, 0.2) is 58.2 Å². The molecule has 0 radical (unpaired) electrons. The first-order chi connectivity index (χ1) is 15.7. The molecule has 0 saturated carbocycles. The summed E-state index contributed by atoms with van der Waals surface area (Å²) < 4.78 is 26.0. The van der Waals surface area contributed by atoms with Crippen LogP contribution in [-0.2, 0) is 10.5 Å². The van der Waals surface area contributed by atoms with Crippen LogP contribution < -0.4 is 4.90 Å². The van der Waals surface area contributed by atoms with E-state index in [1.165, 1.54) is 29.5 Å². The number of ether oxygens (including phenoxy) is 1. The van der Waals surface area contributed by atoms with Crippen LogP contribution in [0.2, 0.25) is 0 Å². The van der Waals surface area contributed by atoms with Crippen molar-refractivity contribution in [2.75, 3.05) is 31.2 Å². The zero-order valence-corrected chi connectivity index (χ0v) is 18.3. The highest BCUT2D eigenvalue weighted by Crippen LogP contribution is 2.29. The molecule has 2 aromatic carbocycles. The number of anilines is 1. The van der Waals surface area contributed by atoms with Crippen LogP contribution >= 0.6 is 11.8 Å². The number of benzene rings is 2. The third-order valence-corrected chi connectivity index (χ3v) is 6.02. The van der Waals surface area contributed by atoms with Gasteiger partial charge in [0.2, 0.25) is 5.95 Å². The Hall–Kier alpha value is -3.24. The van der Waals surface area contributed by atoms with Gasteiger partial charge in [0.1, 0.15) is 5.82 Å². The van der Waals surface area contributed by atoms with E-state index in [0.717, 1.165) is 29.9 Å². The van der Waals surface area contributed by atoms with Gasteiger partial charge in [-0.2, -0.15) is 4.98 Å². The third kappa shape index (κ3) is 4.37. The van der Waals surface area contributed by atoms with E-state index in [2.05, 4.69) is 61.0 Å². The molecule has 2 aromatic heterocycles. The summed E-state index contributed by atoms with van der Waals surface area (Å²) in [6.07, 6.45) is 0. The quantitative estimate of drug-likeness (QED) is 0.408. The molecule has 1 fully saturated rings. The molecule has 8 nitrogen and oxygen atoms in total. The van der Waals surface area contributed by atoms with Crippen LogP contribution in [0.4, 0.5) is 10.3 Å². The first kappa shape index (κ1) is 20.7. The normalized spacial score (nSPS) is 14.1. The average Bonchev–Trinajstić information content (AvgIpc) is 3.47. The van der Waals surface area contributed by atoms with Crippen molar-refractivity contribution in [2.45, 2.75) is 17.8 Å². The molecule has 0 N–H and O–H groups in total. The fourth-order valence-corrected chi connectivity index (χ4v) is 4.19. The van der Waals surface area contributed by atoms with Crippen molar-refractivity contribution in [3.63, 3.8) is 0 Å². The van der Waals surface area contributed by atoms with Crippen LogP contribution in [0.25, 0.3) is 17.1 Å². The lowest BCUT2D eigenvalue weighted by molar-refractivity contribution is 0.122. The summed E-state index contributed by atoms with van der Waals surface area (Å²) in [4.78, 5) is 6.61. The molecule has 0 bridgehead atoms. The Morgan fingerprint density at radius 3 is 2.50 bits per heavy atom. The summed E-state index contributed by atoms with van der Waals surface area (Å²) in [6.45, 7) is 4.92. The van der Waals surface area contributed by atoms with Crippen molar-refractivity contribution in [1.82, 2.24) is 24.9 Å². The lowest BCUT2D eigenvalue weighted by Gasteiger charge is -2.27. The number of morpholine rings is 1. The predicted molar refractivity (Wildman–Crippen MR) is 118 cm³/mol. The van der Waals surface area contributed by atoms with Crippen molar-refractivity contribution in [1.29, 1.82) is 0 Å². The van der Waals surface area contributed by atoms with Gasteiger partial charge in [-0.05, 0) is 43.3 Å². The summed E-state index contributed by atoms with van der Waals surface area (Å²) in [5.74, 6) is 1.82. The van der Waals surface area contributed by atoms with Crippen molar-refractivity contribution in [3.8, 4) is 17.1 Å². The van der Waals surface area contributed by atoms with E-state index in [1.54, 1.807) is 12.1 Å². The number of rotatable bonds is 6. The maximum Gasteiger partial charge on any atom is 0.257 e. The van der Waals surface area contributed by atoms with Crippen LogP contribution in [-0.4, -0.2) is 51.2 Å². The molecular formula is C22H21FN6O2S. The molecule has 1 aliphatic rings. The van der Waals surface area contributed by atoms with Crippen molar-refractivity contribution in [3.05, 3.63) is 65.7 Å². The fourth-order valence-electron chi connectivity index (χ4n) is 3.40. The molecule has 0 aliphatic carbocycles. The van der Waals surface area contributed by atoms with Gasteiger partial charge in [0.05, 0.1) is 24.7 Å². The van der Waals surface area contributed by atoms with Gasteiger partial charge in [0.15, 0.2) is 11.0 Å². The van der Waals surface area contributed by atoms with Gasteiger partial charge in [0.25, 0.3) is 5.89 Å². The Balaban J connectivity index is 1.39. The largest absolute Gasteiger partial charge is 0.378 e. The standard InChI is InChI=1S/C22H21FN6O2S/c1-15-2-8-18(9-3-15)29-21(28-10-12-30-13-11-28)25-26-22(29)32-14-19-24-20(31-27-19)16-4-6-17(23)7-5-16/h2-9H,10-14H2,1H3. The van der Waals surface area contributed by atoms with E-state index in [-0.39, 0.29) is 5.82 Å². The van der Waals surface area contributed by atoms with Crippen LogP contribution in [0.1, 0.15) is 11.4 Å². The summed E-state index contributed by atoms with van der Waals surface area (Å²) >= 11 is 1.48. The molecule has 0 atom stereocenters. The highest BCUT2D eigenvalue weighted by Gasteiger charge is 2.22. The van der Waals surface area contributed by atoms with Crippen LogP contribution in [0.5, 0.6) is 0 Å². The average molecular weight is 453 g/mol. The first-order valence-corrected chi connectivity index (χ1v) is 11.2. The molecule has 32 heavy (non-hydrogen) atoms. The summed E-state index contributed by atoms with van der Waals surface area (Å²) in [7, 11) is 0. The molecule has 5 rings (SSSR count). The number of hydrogen-bond acceptors (Lipinski definition) is 8. The maximum atomic E-state index is 13.2. The number of aromatic nitrogens is 5. The molecule has 0 unspecified atom stereocenters. The minimum atomic E-state index is -0.310.